The van der Waals surface area contributed by atoms with Crippen LogP contribution in [0.3, 0.4) is 0 Å². The molecule has 1 aromatic heterocycles. The summed E-state index contributed by atoms with van der Waals surface area (Å²) in [7, 11) is 0. The number of hydrogen-bond acceptors (Lipinski definition) is 5. The summed E-state index contributed by atoms with van der Waals surface area (Å²) < 4.78 is 11.1. The number of amides is 1. The van der Waals surface area contributed by atoms with E-state index in [4.69, 9.17) is 9.15 Å². The lowest BCUT2D eigenvalue weighted by Gasteiger charge is -2.04. The van der Waals surface area contributed by atoms with Crippen LogP contribution in [0.25, 0.3) is 11.3 Å². The van der Waals surface area contributed by atoms with Crippen molar-refractivity contribution < 1.29 is 13.9 Å². The van der Waals surface area contributed by atoms with Crippen LogP contribution in [0.15, 0.2) is 70.2 Å². The summed E-state index contributed by atoms with van der Waals surface area (Å²) in [6, 6.07) is 20.2. The minimum Gasteiger partial charge on any atom is -0.494 e. The number of hydrazone groups is 1. The fourth-order valence-corrected chi connectivity index (χ4v) is 2.63. The zero-order valence-electron chi connectivity index (χ0n) is 15.4. The highest BCUT2D eigenvalue weighted by molar-refractivity contribution is 5.82. The molecule has 1 heterocycles. The number of furan rings is 1. The SMILES string of the molecule is CCOc1ccc(CC(=O)N/N=C\c2ccc(-c3ccccc3C#N)o2)cc1. The van der Waals surface area contributed by atoms with Gasteiger partial charge in [-0.15, -0.1) is 0 Å². The summed E-state index contributed by atoms with van der Waals surface area (Å²) in [4.78, 5) is 12.0. The average Bonchev–Trinajstić information content (AvgIpc) is 3.18. The van der Waals surface area contributed by atoms with Crippen molar-refractivity contribution in [3.8, 4) is 23.1 Å². The summed E-state index contributed by atoms with van der Waals surface area (Å²) in [6.45, 7) is 2.52. The van der Waals surface area contributed by atoms with E-state index in [-0.39, 0.29) is 12.3 Å². The van der Waals surface area contributed by atoms with Gasteiger partial charge >= 0.3 is 0 Å². The second-order valence-corrected chi connectivity index (χ2v) is 5.91. The van der Waals surface area contributed by atoms with Crippen LogP contribution in [-0.2, 0) is 11.2 Å². The second-order valence-electron chi connectivity index (χ2n) is 5.91. The zero-order valence-corrected chi connectivity index (χ0v) is 15.4. The van der Waals surface area contributed by atoms with Crippen molar-refractivity contribution in [1.82, 2.24) is 5.43 Å². The summed E-state index contributed by atoms with van der Waals surface area (Å²) in [5.74, 6) is 1.58. The highest BCUT2D eigenvalue weighted by Gasteiger charge is 2.08. The lowest BCUT2D eigenvalue weighted by Crippen LogP contribution is -2.19. The van der Waals surface area contributed by atoms with E-state index in [1.165, 1.54) is 6.21 Å². The maximum absolute atomic E-state index is 12.0. The maximum Gasteiger partial charge on any atom is 0.244 e. The molecule has 2 aromatic carbocycles. The molecule has 0 saturated carbocycles. The van der Waals surface area contributed by atoms with E-state index in [9.17, 15) is 10.1 Å². The van der Waals surface area contributed by atoms with Gasteiger partial charge in [-0.05, 0) is 48.9 Å². The Morgan fingerprint density at radius 1 is 1.18 bits per heavy atom. The number of nitrogens with zero attached hydrogens (tertiary/aromatic N) is 2. The van der Waals surface area contributed by atoms with Crippen molar-refractivity contribution in [2.75, 3.05) is 6.61 Å². The lowest BCUT2D eigenvalue weighted by atomic mass is 10.1. The van der Waals surface area contributed by atoms with Crippen molar-refractivity contribution in [3.63, 3.8) is 0 Å². The molecule has 0 saturated heterocycles. The third kappa shape index (κ3) is 4.86. The van der Waals surface area contributed by atoms with Crippen molar-refractivity contribution >= 4 is 12.1 Å². The van der Waals surface area contributed by atoms with Gasteiger partial charge in [0.15, 0.2) is 0 Å². The maximum atomic E-state index is 12.0. The fourth-order valence-electron chi connectivity index (χ4n) is 2.63. The molecule has 6 nitrogen and oxygen atoms in total. The molecular formula is C22H19N3O3. The Hall–Kier alpha value is -3.85. The molecule has 0 aliphatic rings. The fraction of sp³-hybridized carbons (Fsp3) is 0.136. The van der Waals surface area contributed by atoms with Gasteiger partial charge in [-0.25, -0.2) is 5.43 Å². The van der Waals surface area contributed by atoms with Gasteiger partial charge in [0.2, 0.25) is 5.91 Å². The minimum atomic E-state index is -0.234. The highest BCUT2D eigenvalue weighted by atomic mass is 16.5. The van der Waals surface area contributed by atoms with Crippen LogP contribution >= 0.6 is 0 Å². The Kier molecular flexibility index (Phi) is 6.21. The van der Waals surface area contributed by atoms with Crippen LogP contribution in [-0.4, -0.2) is 18.7 Å². The van der Waals surface area contributed by atoms with E-state index < -0.39 is 0 Å². The Balaban J connectivity index is 1.57. The normalized spacial score (nSPS) is 10.6. The zero-order chi connectivity index (χ0) is 19.8. The first kappa shape index (κ1) is 18.9. The lowest BCUT2D eigenvalue weighted by molar-refractivity contribution is -0.120. The van der Waals surface area contributed by atoms with Gasteiger partial charge in [-0.3, -0.25) is 4.79 Å². The number of hydrogen-bond donors (Lipinski definition) is 1. The summed E-state index contributed by atoms with van der Waals surface area (Å²) in [6.07, 6.45) is 1.64. The molecule has 3 aromatic rings. The van der Waals surface area contributed by atoms with Gasteiger partial charge in [0, 0.05) is 5.56 Å². The Morgan fingerprint density at radius 2 is 1.96 bits per heavy atom. The standard InChI is InChI=1S/C22H19N3O3/c1-2-27-18-9-7-16(8-10-18)13-22(26)25-24-15-19-11-12-21(28-19)20-6-4-3-5-17(20)14-23/h3-12,15H,2,13H2,1H3,(H,25,26)/b24-15-. The first-order valence-electron chi connectivity index (χ1n) is 8.82. The van der Waals surface area contributed by atoms with Gasteiger partial charge < -0.3 is 9.15 Å². The topological polar surface area (TPSA) is 87.6 Å². The first-order chi connectivity index (χ1) is 13.7. The third-order valence-corrected chi connectivity index (χ3v) is 3.92. The largest absolute Gasteiger partial charge is 0.494 e. The van der Waals surface area contributed by atoms with Gasteiger partial charge in [0.25, 0.3) is 0 Å². The Labute approximate surface area is 163 Å². The first-order valence-corrected chi connectivity index (χ1v) is 8.82. The van der Waals surface area contributed by atoms with Gasteiger partial charge in [-0.1, -0.05) is 24.3 Å². The van der Waals surface area contributed by atoms with Crippen molar-refractivity contribution in [1.29, 1.82) is 5.26 Å². The summed E-state index contributed by atoms with van der Waals surface area (Å²) in [5, 5.41) is 13.1. The summed E-state index contributed by atoms with van der Waals surface area (Å²) in [5.41, 5.74) is 4.59. The monoisotopic (exact) mass is 373 g/mol. The van der Waals surface area contributed by atoms with E-state index in [0.29, 0.717) is 29.3 Å². The number of nitriles is 1. The number of benzene rings is 2. The highest BCUT2D eigenvalue weighted by Crippen LogP contribution is 2.24. The molecule has 0 atom stereocenters. The van der Waals surface area contributed by atoms with E-state index >= 15 is 0 Å². The van der Waals surface area contributed by atoms with Crippen LogP contribution < -0.4 is 10.2 Å². The van der Waals surface area contributed by atoms with Gasteiger partial charge in [0.05, 0.1) is 30.9 Å². The molecular weight excluding hydrogens is 354 g/mol. The van der Waals surface area contributed by atoms with Crippen molar-refractivity contribution in [2.24, 2.45) is 5.10 Å². The van der Waals surface area contributed by atoms with E-state index in [2.05, 4.69) is 16.6 Å². The van der Waals surface area contributed by atoms with E-state index in [1.807, 2.05) is 43.3 Å². The van der Waals surface area contributed by atoms with E-state index in [0.717, 1.165) is 11.3 Å². The van der Waals surface area contributed by atoms with Crippen LogP contribution in [0.1, 0.15) is 23.8 Å². The molecule has 28 heavy (non-hydrogen) atoms. The van der Waals surface area contributed by atoms with E-state index in [1.54, 1.807) is 24.3 Å². The number of ether oxygens (including phenoxy) is 1. The number of carbonyl (C=O) groups excluding carboxylic acids is 1. The molecule has 0 aliphatic carbocycles. The van der Waals surface area contributed by atoms with Crippen LogP contribution in [0, 0.1) is 11.3 Å². The Bertz CT molecular complexity index is 1010. The minimum absolute atomic E-state index is 0.211. The smallest absolute Gasteiger partial charge is 0.244 e. The van der Waals surface area contributed by atoms with Crippen molar-refractivity contribution in [2.45, 2.75) is 13.3 Å². The molecule has 0 bridgehead atoms. The molecule has 0 spiro atoms. The van der Waals surface area contributed by atoms with Crippen molar-refractivity contribution in [3.05, 3.63) is 77.6 Å². The molecule has 6 heteroatoms. The predicted molar refractivity (Wildman–Crippen MR) is 106 cm³/mol. The number of nitrogens with one attached hydrogen (secondary N) is 1. The molecule has 0 radical (unpaired) electrons. The molecule has 0 aliphatic heterocycles. The molecule has 1 N–H and O–H groups in total. The average molecular weight is 373 g/mol. The van der Waals surface area contributed by atoms with Crippen LogP contribution in [0.4, 0.5) is 0 Å². The van der Waals surface area contributed by atoms with Crippen LogP contribution in [0.5, 0.6) is 5.75 Å². The second kappa shape index (κ2) is 9.19. The molecule has 3 rings (SSSR count). The number of rotatable bonds is 7. The molecule has 1 amide bonds. The van der Waals surface area contributed by atoms with Gasteiger partial charge in [0.1, 0.15) is 17.3 Å². The predicted octanol–water partition coefficient (Wildman–Crippen LogP) is 3.91. The van der Waals surface area contributed by atoms with Gasteiger partial charge in [-0.2, -0.15) is 10.4 Å². The third-order valence-electron chi connectivity index (χ3n) is 3.92. The summed E-state index contributed by atoms with van der Waals surface area (Å²) >= 11 is 0. The molecule has 140 valence electrons. The molecule has 0 fully saturated rings. The molecule has 0 unspecified atom stereocenters. The number of carbonyl (C=O) groups is 1. The Morgan fingerprint density at radius 3 is 2.71 bits per heavy atom. The quantitative estimate of drug-likeness (QED) is 0.502. The van der Waals surface area contributed by atoms with Crippen LogP contribution in [0.2, 0.25) is 0 Å².